The lowest BCUT2D eigenvalue weighted by Gasteiger charge is -2.23. The number of halogens is 3. The minimum Gasteiger partial charge on any atom is -0.461 e. The molecule has 1 aliphatic heterocycles. The van der Waals surface area contributed by atoms with Gasteiger partial charge in [-0.05, 0) is 82.4 Å². The maximum atomic E-state index is 13.8. The zero-order valence-corrected chi connectivity index (χ0v) is 31.8. The number of aromatic amines is 1. The molecule has 9 nitrogen and oxygen atoms in total. The molecule has 2 aromatic heterocycles. The molecule has 236 valence electrons. The fraction of sp³-hybridized carbons (Fsp3) is 0.419. The molecule has 0 bridgehead atoms. The zero-order chi connectivity index (χ0) is 32.8. The van der Waals surface area contributed by atoms with E-state index in [0.717, 1.165) is 10.5 Å². The first-order valence-electron chi connectivity index (χ1n) is 14.2. The molecule has 13 heteroatoms. The molecule has 1 amide bonds. The number of hydrogen-bond donors (Lipinski definition) is 2. The van der Waals surface area contributed by atoms with Crippen molar-refractivity contribution in [1.82, 2.24) is 19.9 Å². The van der Waals surface area contributed by atoms with Crippen molar-refractivity contribution in [2.24, 2.45) is 0 Å². The van der Waals surface area contributed by atoms with E-state index >= 15 is 0 Å². The van der Waals surface area contributed by atoms with Gasteiger partial charge >= 0.3 is 12.1 Å². The van der Waals surface area contributed by atoms with Crippen molar-refractivity contribution in [2.75, 3.05) is 6.61 Å². The molecule has 0 saturated heterocycles. The predicted octanol–water partition coefficient (Wildman–Crippen LogP) is 8.28. The number of imidazole rings is 1. The predicted molar refractivity (Wildman–Crippen MR) is 186 cm³/mol. The third-order valence-corrected chi connectivity index (χ3v) is 10.3. The second-order valence-corrected chi connectivity index (χ2v) is 21.6. The van der Waals surface area contributed by atoms with Crippen LogP contribution in [-0.4, -0.2) is 52.8 Å². The molecule has 0 saturated carbocycles. The number of esters is 1. The number of H-pyrrole nitrogens is 1. The Balaban J connectivity index is 1.95. The SMILES string of the molecule is CC(C)(C)OC(=O)n1c2c(c3ccc(Br)cc31)CC(=O)N/C(C(=O)OCC[Si](C)(C)C)=C(\Br)c1nc(Br)[nH]c1C(C)(C)/C=C\2. The number of rotatable bonds is 4. The number of amides is 1. The van der Waals surface area contributed by atoms with E-state index in [1.807, 2.05) is 44.2 Å². The maximum absolute atomic E-state index is 13.8. The number of benzene rings is 1. The van der Waals surface area contributed by atoms with E-state index in [9.17, 15) is 14.4 Å². The van der Waals surface area contributed by atoms with Crippen LogP contribution >= 0.6 is 47.8 Å². The fourth-order valence-corrected chi connectivity index (χ4v) is 6.72. The summed E-state index contributed by atoms with van der Waals surface area (Å²) in [7, 11) is -1.48. The number of nitrogens with one attached hydrogen (secondary N) is 2. The molecule has 44 heavy (non-hydrogen) atoms. The van der Waals surface area contributed by atoms with Crippen LogP contribution in [-0.2, 0) is 30.9 Å². The monoisotopic (exact) mass is 810 g/mol. The first kappa shape index (κ1) is 34.4. The van der Waals surface area contributed by atoms with Crippen molar-refractivity contribution in [2.45, 2.75) is 77.7 Å². The van der Waals surface area contributed by atoms with Crippen LogP contribution in [0.5, 0.6) is 0 Å². The highest BCUT2D eigenvalue weighted by atomic mass is 79.9. The Labute approximate surface area is 283 Å². The lowest BCUT2D eigenvalue weighted by Crippen LogP contribution is -2.32. The van der Waals surface area contributed by atoms with Crippen molar-refractivity contribution in [3.63, 3.8) is 0 Å². The smallest absolute Gasteiger partial charge is 0.419 e. The van der Waals surface area contributed by atoms with Gasteiger partial charge < -0.3 is 19.8 Å². The van der Waals surface area contributed by atoms with Gasteiger partial charge in [0.05, 0.1) is 34.4 Å². The molecule has 1 aromatic carbocycles. The van der Waals surface area contributed by atoms with E-state index in [1.54, 1.807) is 20.8 Å². The molecule has 0 atom stereocenters. The van der Waals surface area contributed by atoms with Crippen molar-refractivity contribution in [3.8, 4) is 0 Å². The number of nitrogens with zero attached hydrogens (tertiary/aromatic N) is 2. The van der Waals surface area contributed by atoms with Gasteiger partial charge in [0.15, 0.2) is 4.73 Å². The zero-order valence-electron chi connectivity index (χ0n) is 26.1. The molecule has 0 unspecified atom stereocenters. The van der Waals surface area contributed by atoms with Gasteiger partial charge in [0.1, 0.15) is 17.0 Å². The highest BCUT2D eigenvalue weighted by Gasteiger charge is 2.32. The van der Waals surface area contributed by atoms with Crippen LogP contribution in [0.25, 0.3) is 21.5 Å². The Morgan fingerprint density at radius 1 is 1.14 bits per heavy atom. The quantitative estimate of drug-likeness (QED) is 0.203. The third-order valence-electron chi connectivity index (χ3n) is 6.95. The molecular formula is C31H37Br3N4O5Si. The van der Waals surface area contributed by atoms with E-state index in [-0.39, 0.29) is 18.7 Å². The number of allylic oxidation sites excluding steroid dienone is 1. The molecule has 0 fully saturated rings. The van der Waals surface area contributed by atoms with Crippen LogP contribution < -0.4 is 5.32 Å². The highest BCUT2D eigenvalue weighted by molar-refractivity contribution is 9.15. The summed E-state index contributed by atoms with van der Waals surface area (Å²) in [5.41, 5.74) is 1.30. The standard InChI is InChI=1S/C31H37Br3N4O5Si/c1-30(2,3)43-29(41)38-20-11-12-31(4,5)26-24(36-28(34)37-26)23(33)25(27(40)42-13-14-44(6,7)8)35-22(39)16-19(20)18-10-9-17(32)15-21(18)38/h9-12,15H,13-14,16H2,1-8H3,(H,35,39)(H,36,37)/b12-11-,25-23-. The fourth-order valence-electron chi connectivity index (χ4n) is 4.73. The number of carbonyl (C=O) groups excluding carboxylic acids is 3. The topological polar surface area (TPSA) is 115 Å². The molecular weight excluding hydrogens is 776 g/mol. The van der Waals surface area contributed by atoms with E-state index in [2.05, 4.69) is 82.7 Å². The van der Waals surface area contributed by atoms with Gasteiger partial charge in [-0.25, -0.2) is 19.1 Å². The minimum atomic E-state index is -1.48. The van der Waals surface area contributed by atoms with E-state index in [4.69, 9.17) is 9.47 Å². The Kier molecular flexibility index (Phi) is 9.95. The summed E-state index contributed by atoms with van der Waals surface area (Å²) in [5, 5.41) is 3.51. The summed E-state index contributed by atoms with van der Waals surface area (Å²) in [6.45, 7) is 16.2. The summed E-state index contributed by atoms with van der Waals surface area (Å²) in [4.78, 5) is 48.8. The van der Waals surface area contributed by atoms with Crippen LogP contribution in [0.3, 0.4) is 0 Å². The van der Waals surface area contributed by atoms with Crippen LogP contribution in [0.15, 0.2) is 39.2 Å². The molecule has 2 N–H and O–H groups in total. The molecule has 4 rings (SSSR count). The number of ether oxygens (including phenoxy) is 2. The van der Waals surface area contributed by atoms with E-state index in [1.165, 1.54) is 4.57 Å². The molecule has 0 aliphatic carbocycles. The molecule has 0 spiro atoms. The summed E-state index contributed by atoms with van der Waals surface area (Å²) in [5.74, 6) is -1.13. The van der Waals surface area contributed by atoms with Gasteiger partial charge in [-0.2, -0.15) is 0 Å². The summed E-state index contributed by atoms with van der Waals surface area (Å²) in [6, 6.07) is 6.31. The molecule has 0 radical (unpaired) electrons. The van der Waals surface area contributed by atoms with Crippen molar-refractivity contribution < 1.29 is 23.9 Å². The number of carbonyl (C=O) groups is 3. The Bertz CT molecular complexity index is 1710. The average Bonchev–Trinajstić information content (AvgIpc) is 3.41. The number of fused-ring (bicyclic) bond motifs is 4. The Hall–Kier alpha value is -2.48. The molecule has 1 aliphatic rings. The maximum Gasteiger partial charge on any atom is 0.419 e. The normalized spacial score (nSPS) is 18.0. The van der Waals surface area contributed by atoms with Crippen LogP contribution in [0.4, 0.5) is 4.79 Å². The van der Waals surface area contributed by atoms with Crippen LogP contribution in [0.2, 0.25) is 25.7 Å². The van der Waals surface area contributed by atoms with Gasteiger partial charge in [0.25, 0.3) is 0 Å². The van der Waals surface area contributed by atoms with Crippen molar-refractivity contribution in [3.05, 3.63) is 61.8 Å². The Morgan fingerprint density at radius 2 is 1.82 bits per heavy atom. The minimum absolute atomic E-state index is 0.0497. The van der Waals surface area contributed by atoms with E-state index < -0.39 is 37.1 Å². The lowest BCUT2D eigenvalue weighted by molar-refractivity contribution is -0.140. The van der Waals surface area contributed by atoms with Gasteiger partial charge in [0.2, 0.25) is 5.91 Å². The lowest BCUT2D eigenvalue weighted by atomic mass is 9.86. The summed E-state index contributed by atoms with van der Waals surface area (Å²) >= 11 is 10.5. The van der Waals surface area contributed by atoms with E-state index in [0.29, 0.717) is 42.8 Å². The number of hydrogen-bond acceptors (Lipinski definition) is 6. The largest absolute Gasteiger partial charge is 0.461 e. The van der Waals surface area contributed by atoms with Gasteiger partial charge in [-0.3, -0.25) is 4.79 Å². The molecule has 3 heterocycles. The van der Waals surface area contributed by atoms with Gasteiger partial charge in [-0.15, -0.1) is 0 Å². The number of aromatic nitrogens is 3. The van der Waals surface area contributed by atoms with Gasteiger partial charge in [-0.1, -0.05) is 61.6 Å². The Morgan fingerprint density at radius 3 is 2.45 bits per heavy atom. The first-order valence-corrected chi connectivity index (χ1v) is 20.2. The second-order valence-electron chi connectivity index (χ2n) is 13.5. The summed E-state index contributed by atoms with van der Waals surface area (Å²) < 4.78 is 14.5. The third kappa shape index (κ3) is 7.83. The van der Waals surface area contributed by atoms with Crippen LogP contribution in [0.1, 0.15) is 57.3 Å². The first-order chi connectivity index (χ1) is 20.3. The second kappa shape index (κ2) is 12.7. The molecule has 3 aromatic rings. The van der Waals surface area contributed by atoms with Crippen molar-refractivity contribution in [1.29, 1.82) is 0 Å². The highest BCUT2D eigenvalue weighted by Crippen LogP contribution is 2.38. The van der Waals surface area contributed by atoms with Crippen LogP contribution in [0, 0.1) is 0 Å². The van der Waals surface area contributed by atoms with Crippen molar-refractivity contribution >= 4 is 95.3 Å². The average molecular weight is 813 g/mol. The summed E-state index contributed by atoms with van der Waals surface area (Å²) in [6.07, 6.45) is 3.08. The van der Waals surface area contributed by atoms with Gasteiger partial charge in [0, 0.05) is 23.3 Å².